The zero-order valence-corrected chi connectivity index (χ0v) is 16.8. The van der Waals surface area contributed by atoms with Gasteiger partial charge in [0.05, 0.1) is 25.0 Å². The minimum absolute atomic E-state index is 0.0305. The van der Waals surface area contributed by atoms with Gasteiger partial charge in [0.15, 0.2) is 0 Å². The largest absolute Gasteiger partial charge is 0.480 e. The Balaban J connectivity index is 3.41. The Morgan fingerprint density at radius 3 is 2.11 bits per heavy atom. The molecule has 0 atom stereocenters. The smallest absolute Gasteiger partial charge is 0.412 e. The molecular weight excluding hydrogens is 354 g/mol. The monoisotopic (exact) mass is 381 g/mol. The van der Waals surface area contributed by atoms with Crippen LogP contribution in [0.4, 0.5) is 10.5 Å². The van der Waals surface area contributed by atoms with Crippen molar-refractivity contribution < 1.29 is 33.7 Å². The lowest BCUT2D eigenvalue weighted by Crippen LogP contribution is -2.28. The summed E-state index contributed by atoms with van der Waals surface area (Å²) in [6, 6.07) is 0. The van der Waals surface area contributed by atoms with Crippen LogP contribution in [0.3, 0.4) is 0 Å². The molecule has 8 nitrogen and oxygen atoms in total. The van der Waals surface area contributed by atoms with Gasteiger partial charge in [-0.3, -0.25) is 5.32 Å². The van der Waals surface area contributed by atoms with Crippen molar-refractivity contribution in [3.63, 3.8) is 0 Å². The first-order valence-corrected chi connectivity index (χ1v) is 8.39. The van der Waals surface area contributed by atoms with E-state index >= 15 is 0 Å². The summed E-state index contributed by atoms with van der Waals surface area (Å²) in [5.74, 6) is -1.66. The molecule has 27 heavy (non-hydrogen) atoms. The van der Waals surface area contributed by atoms with Crippen LogP contribution in [0, 0.1) is 20.8 Å². The van der Waals surface area contributed by atoms with Gasteiger partial charge in [0.25, 0.3) is 0 Å². The summed E-state index contributed by atoms with van der Waals surface area (Å²) in [5.41, 5.74) is 2.42. The minimum atomic E-state index is -1.10. The number of ether oxygens (including phenoxy) is 3. The third-order valence-corrected chi connectivity index (χ3v) is 3.89. The number of benzene rings is 1. The van der Waals surface area contributed by atoms with E-state index in [0.29, 0.717) is 33.5 Å². The Bertz CT molecular complexity index is 748. The molecule has 1 aromatic carbocycles. The van der Waals surface area contributed by atoms with Crippen molar-refractivity contribution in [2.24, 2.45) is 0 Å². The Hall–Kier alpha value is -2.61. The molecule has 0 saturated heterocycles. The molecule has 0 bridgehead atoms. The van der Waals surface area contributed by atoms with Crippen LogP contribution in [0.5, 0.6) is 0 Å². The van der Waals surface area contributed by atoms with Crippen molar-refractivity contribution >= 4 is 23.7 Å². The highest BCUT2D eigenvalue weighted by Crippen LogP contribution is 2.32. The number of carboxylic acid groups (broad SMARTS) is 1. The van der Waals surface area contributed by atoms with Crippen molar-refractivity contribution in [3.8, 4) is 0 Å². The summed E-state index contributed by atoms with van der Waals surface area (Å²) < 4.78 is 15.3. The first-order chi connectivity index (χ1) is 12.4. The van der Waals surface area contributed by atoms with Crippen molar-refractivity contribution in [2.45, 2.75) is 53.8 Å². The second kappa shape index (κ2) is 8.85. The van der Waals surface area contributed by atoms with Crippen LogP contribution in [0.1, 0.15) is 53.4 Å². The minimum Gasteiger partial charge on any atom is -0.480 e. The number of hydrogen-bond donors (Lipinski definition) is 2. The second-order valence-corrected chi connectivity index (χ2v) is 7.11. The molecule has 0 aliphatic rings. The van der Waals surface area contributed by atoms with E-state index in [2.05, 4.69) is 5.32 Å². The molecule has 0 spiro atoms. The first-order valence-electron chi connectivity index (χ1n) is 8.39. The Kier molecular flexibility index (Phi) is 7.36. The number of esters is 1. The molecule has 150 valence electrons. The lowest BCUT2D eigenvalue weighted by Gasteiger charge is -2.24. The quantitative estimate of drug-likeness (QED) is 0.727. The lowest BCUT2D eigenvalue weighted by molar-refractivity contribution is -0.142. The highest BCUT2D eigenvalue weighted by Gasteiger charge is 2.25. The summed E-state index contributed by atoms with van der Waals surface area (Å²) in [5, 5.41) is 11.4. The topological polar surface area (TPSA) is 111 Å². The molecular formula is C19H27NO7. The van der Waals surface area contributed by atoms with Crippen LogP contribution in [0.15, 0.2) is 0 Å². The molecule has 2 N–H and O–H groups in total. The fourth-order valence-corrected chi connectivity index (χ4v) is 2.73. The normalized spacial score (nSPS) is 11.1. The Morgan fingerprint density at radius 2 is 1.63 bits per heavy atom. The van der Waals surface area contributed by atoms with Gasteiger partial charge < -0.3 is 19.3 Å². The zero-order chi connectivity index (χ0) is 20.9. The Labute approximate surface area is 158 Å². The number of methoxy groups -OCH3 is 1. The van der Waals surface area contributed by atoms with E-state index in [9.17, 15) is 14.4 Å². The van der Waals surface area contributed by atoms with E-state index in [4.69, 9.17) is 19.3 Å². The molecule has 1 aromatic rings. The van der Waals surface area contributed by atoms with Crippen LogP contribution in [0.25, 0.3) is 0 Å². The number of nitrogens with one attached hydrogen (secondary N) is 1. The number of aliphatic carboxylic acids is 1. The van der Waals surface area contributed by atoms with Crippen LogP contribution in [0.2, 0.25) is 0 Å². The molecule has 1 rings (SSSR count). The number of carbonyl (C=O) groups excluding carboxylic acids is 2. The average Bonchev–Trinajstić information content (AvgIpc) is 2.52. The van der Waals surface area contributed by atoms with E-state index in [-0.39, 0.29) is 6.61 Å². The summed E-state index contributed by atoms with van der Waals surface area (Å²) in [6.07, 6.45) is -0.661. The fourth-order valence-electron chi connectivity index (χ4n) is 2.73. The predicted octanol–water partition coefficient (Wildman–Crippen LogP) is 3.35. The van der Waals surface area contributed by atoms with E-state index in [1.165, 1.54) is 7.11 Å². The van der Waals surface area contributed by atoms with E-state index in [1.54, 1.807) is 41.5 Å². The highest BCUT2D eigenvalue weighted by molar-refractivity contribution is 5.98. The van der Waals surface area contributed by atoms with Crippen LogP contribution in [-0.2, 0) is 25.6 Å². The van der Waals surface area contributed by atoms with Gasteiger partial charge in [0.1, 0.15) is 12.2 Å². The third kappa shape index (κ3) is 5.96. The van der Waals surface area contributed by atoms with Crippen LogP contribution in [-0.4, -0.2) is 42.5 Å². The molecule has 0 saturated carbocycles. The summed E-state index contributed by atoms with van der Waals surface area (Å²) >= 11 is 0. The number of hydrogen-bond acceptors (Lipinski definition) is 6. The number of rotatable bonds is 6. The van der Waals surface area contributed by atoms with E-state index in [1.807, 2.05) is 0 Å². The van der Waals surface area contributed by atoms with E-state index in [0.717, 1.165) is 0 Å². The molecule has 0 heterocycles. The summed E-state index contributed by atoms with van der Waals surface area (Å²) in [6.45, 7) is 9.90. The molecule has 8 heteroatoms. The van der Waals surface area contributed by atoms with Crippen LogP contribution < -0.4 is 5.32 Å². The van der Waals surface area contributed by atoms with Gasteiger partial charge >= 0.3 is 18.0 Å². The lowest BCUT2D eigenvalue weighted by atomic mass is 9.91. The zero-order valence-electron chi connectivity index (χ0n) is 16.8. The maximum Gasteiger partial charge on any atom is 0.412 e. The molecule has 1 amide bonds. The van der Waals surface area contributed by atoms with Gasteiger partial charge in [0.2, 0.25) is 0 Å². The summed E-state index contributed by atoms with van der Waals surface area (Å²) in [7, 11) is 1.27. The molecule has 0 fully saturated rings. The van der Waals surface area contributed by atoms with Gasteiger partial charge in [0, 0.05) is 0 Å². The average molecular weight is 381 g/mol. The van der Waals surface area contributed by atoms with E-state index < -0.39 is 30.2 Å². The maximum absolute atomic E-state index is 12.3. The molecule has 0 aromatic heterocycles. The fraction of sp³-hybridized carbons (Fsp3) is 0.526. The number of carboxylic acids is 1. The van der Waals surface area contributed by atoms with Gasteiger partial charge in [-0.05, 0) is 63.8 Å². The van der Waals surface area contributed by atoms with Crippen LogP contribution >= 0.6 is 0 Å². The molecule has 0 unspecified atom stereocenters. The van der Waals surface area contributed by atoms with Gasteiger partial charge in [-0.1, -0.05) is 0 Å². The summed E-state index contributed by atoms with van der Waals surface area (Å²) in [4.78, 5) is 35.2. The third-order valence-electron chi connectivity index (χ3n) is 3.89. The van der Waals surface area contributed by atoms with Gasteiger partial charge in [-0.15, -0.1) is 0 Å². The maximum atomic E-state index is 12.3. The predicted molar refractivity (Wildman–Crippen MR) is 99.1 cm³/mol. The second-order valence-electron chi connectivity index (χ2n) is 7.11. The van der Waals surface area contributed by atoms with Crippen molar-refractivity contribution in [2.75, 3.05) is 19.0 Å². The van der Waals surface area contributed by atoms with Crippen molar-refractivity contribution in [1.82, 2.24) is 0 Å². The number of anilines is 1. The van der Waals surface area contributed by atoms with Crippen molar-refractivity contribution in [1.29, 1.82) is 0 Å². The van der Waals surface area contributed by atoms with Gasteiger partial charge in [-0.25, -0.2) is 14.4 Å². The molecule has 0 radical (unpaired) electrons. The molecule has 0 aliphatic heterocycles. The van der Waals surface area contributed by atoms with Crippen molar-refractivity contribution in [3.05, 3.63) is 27.8 Å². The standard InChI is InChI=1S/C19H27NO7/c1-10-13(8-26-9-14(21)22)11(2)16(12(3)15(10)17(23)25-7)20-18(24)27-19(4,5)6/h8-9H2,1-7H3,(H,20,24)(H,21,22). The highest BCUT2D eigenvalue weighted by atomic mass is 16.6. The van der Waals surface area contributed by atoms with Gasteiger partial charge in [-0.2, -0.15) is 0 Å². The molecule has 0 aliphatic carbocycles. The first kappa shape index (κ1) is 22.4. The number of carbonyl (C=O) groups is 3. The Morgan fingerprint density at radius 1 is 1.04 bits per heavy atom. The number of amides is 1. The SMILES string of the molecule is COC(=O)c1c(C)c(COCC(=O)O)c(C)c(NC(=O)OC(C)(C)C)c1C.